The van der Waals surface area contributed by atoms with Crippen LogP contribution in [0.2, 0.25) is 0 Å². The number of rotatable bonds is 4. The van der Waals surface area contributed by atoms with E-state index in [-0.39, 0.29) is 0 Å². The second-order valence-corrected chi connectivity index (χ2v) is 5.65. The summed E-state index contributed by atoms with van der Waals surface area (Å²) < 4.78 is 11.9. The first-order valence-corrected chi connectivity index (χ1v) is 7.15. The van der Waals surface area contributed by atoms with Crippen molar-refractivity contribution in [3.8, 4) is 5.75 Å². The zero-order valence-corrected chi connectivity index (χ0v) is 12.5. The van der Waals surface area contributed by atoms with Crippen molar-refractivity contribution in [1.82, 2.24) is 0 Å². The highest BCUT2D eigenvalue weighted by molar-refractivity contribution is 9.10. The SMILES string of the molecule is COc1cc(Br)cc(C)c1NCC1CCOCC1. The highest BCUT2D eigenvalue weighted by Crippen LogP contribution is 2.32. The highest BCUT2D eigenvalue weighted by Gasteiger charge is 2.15. The topological polar surface area (TPSA) is 30.5 Å². The van der Waals surface area contributed by atoms with Crippen LogP contribution in [-0.4, -0.2) is 26.9 Å². The van der Waals surface area contributed by atoms with Crippen LogP contribution in [0.1, 0.15) is 18.4 Å². The lowest BCUT2D eigenvalue weighted by atomic mass is 10.00. The first-order valence-electron chi connectivity index (χ1n) is 6.36. The van der Waals surface area contributed by atoms with Crippen molar-refractivity contribution in [2.45, 2.75) is 19.8 Å². The minimum atomic E-state index is 0.700. The predicted octanol–water partition coefficient (Wildman–Crippen LogP) is 3.60. The van der Waals surface area contributed by atoms with Gasteiger partial charge >= 0.3 is 0 Å². The molecule has 0 atom stereocenters. The van der Waals surface area contributed by atoms with Crippen LogP contribution in [0.15, 0.2) is 16.6 Å². The van der Waals surface area contributed by atoms with Crippen LogP contribution < -0.4 is 10.1 Å². The largest absolute Gasteiger partial charge is 0.495 e. The fraction of sp³-hybridized carbons (Fsp3) is 0.571. The van der Waals surface area contributed by atoms with Crippen molar-refractivity contribution >= 4 is 21.6 Å². The summed E-state index contributed by atoms with van der Waals surface area (Å²) in [4.78, 5) is 0. The molecule has 1 N–H and O–H groups in total. The van der Waals surface area contributed by atoms with Gasteiger partial charge in [0.1, 0.15) is 5.75 Å². The van der Waals surface area contributed by atoms with Crippen LogP contribution in [0.4, 0.5) is 5.69 Å². The molecule has 3 nitrogen and oxygen atoms in total. The van der Waals surface area contributed by atoms with Crippen LogP contribution in [0.25, 0.3) is 0 Å². The third-order valence-corrected chi connectivity index (χ3v) is 3.85. The second-order valence-electron chi connectivity index (χ2n) is 4.74. The highest BCUT2D eigenvalue weighted by atomic mass is 79.9. The summed E-state index contributed by atoms with van der Waals surface area (Å²) in [5, 5.41) is 3.53. The van der Waals surface area contributed by atoms with E-state index in [2.05, 4.69) is 34.2 Å². The fourth-order valence-corrected chi connectivity index (χ4v) is 2.85. The molecular formula is C14H20BrNO2. The van der Waals surface area contributed by atoms with Gasteiger partial charge in [0.05, 0.1) is 12.8 Å². The Morgan fingerprint density at radius 1 is 1.39 bits per heavy atom. The summed E-state index contributed by atoms with van der Waals surface area (Å²) in [6.45, 7) is 4.87. The Bertz CT molecular complexity index is 403. The molecule has 100 valence electrons. The standard InChI is InChI=1S/C14H20BrNO2/c1-10-7-12(15)8-13(17-2)14(10)16-9-11-3-5-18-6-4-11/h7-8,11,16H,3-6,9H2,1-2H3. The lowest BCUT2D eigenvalue weighted by molar-refractivity contribution is 0.0699. The van der Waals surface area contributed by atoms with Crippen LogP contribution in [-0.2, 0) is 4.74 Å². The van der Waals surface area contributed by atoms with Gasteiger partial charge in [0.2, 0.25) is 0 Å². The van der Waals surface area contributed by atoms with Crippen LogP contribution in [0.5, 0.6) is 5.75 Å². The number of aryl methyl sites for hydroxylation is 1. The summed E-state index contributed by atoms with van der Waals surface area (Å²) in [6, 6.07) is 4.11. The van der Waals surface area contributed by atoms with Gasteiger partial charge in [-0.05, 0) is 43.4 Å². The molecule has 1 aromatic rings. The van der Waals surface area contributed by atoms with Gasteiger partial charge in [-0.15, -0.1) is 0 Å². The van der Waals surface area contributed by atoms with E-state index in [4.69, 9.17) is 9.47 Å². The Morgan fingerprint density at radius 2 is 2.11 bits per heavy atom. The quantitative estimate of drug-likeness (QED) is 0.921. The normalized spacial score (nSPS) is 16.6. The van der Waals surface area contributed by atoms with Gasteiger partial charge in [0, 0.05) is 24.2 Å². The predicted molar refractivity (Wildman–Crippen MR) is 77.5 cm³/mol. The molecule has 1 heterocycles. The lowest BCUT2D eigenvalue weighted by Gasteiger charge is -2.24. The third-order valence-electron chi connectivity index (χ3n) is 3.39. The second kappa shape index (κ2) is 6.43. The molecule has 1 aliphatic rings. The maximum atomic E-state index is 5.43. The monoisotopic (exact) mass is 313 g/mol. The van der Waals surface area contributed by atoms with Crippen molar-refractivity contribution < 1.29 is 9.47 Å². The number of hydrogen-bond acceptors (Lipinski definition) is 3. The lowest BCUT2D eigenvalue weighted by Crippen LogP contribution is -2.23. The summed E-state index contributed by atoms with van der Waals surface area (Å²) in [6.07, 6.45) is 2.29. The Hall–Kier alpha value is -0.740. The van der Waals surface area contributed by atoms with E-state index in [1.807, 2.05) is 6.07 Å². The molecule has 0 aromatic heterocycles. The molecular weight excluding hydrogens is 294 g/mol. The number of halogens is 1. The molecule has 0 spiro atoms. The summed E-state index contributed by atoms with van der Waals surface area (Å²) in [5.74, 6) is 1.60. The van der Waals surface area contributed by atoms with Gasteiger partial charge in [-0.2, -0.15) is 0 Å². The molecule has 0 bridgehead atoms. The number of hydrogen-bond donors (Lipinski definition) is 1. The molecule has 0 saturated carbocycles. The molecule has 18 heavy (non-hydrogen) atoms. The number of nitrogens with one attached hydrogen (secondary N) is 1. The Labute approximate surface area is 117 Å². The average Bonchev–Trinajstić information content (AvgIpc) is 2.38. The summed E-state index contributed by atoms with van der Waals surface area (Å²) >= 11 is 3.49. The van der Waals surface area contributed by atoms with Gasteiger partial charge in [0.25, 0.3) is 0 Å². The van der Waals surface area contributed by atoms with E-state index in [1.54, 1.807) is 7.11 Å². The first-order chi connectivity index (χ1) is 8.70. The minimum Gasteiger partial charge on any atom is -0.495 e. The molecule has 1 aromatic carbocycles. The molecule has 0 amide bonds. The molecule has 0 aliphatic carbocycles. The number of ether oxygens (including phenoxy) is 2. The van der Waals surface area contributed by atoms with E-state index in [0.717, 1.165) is 48.5 Å². The number of benzene rings is 1. The maximum Gasteiger partial charge on any atom is 0.143 e. The van der Waals surface area contributed by atoms with Crippen LogP contribution >= 0.6 is 15.9 Å². The van der Waals surface area contributed by atoms with Crippen molar-refractivity contribution in [1.29, 1.82) is 0 Å². The van der Waals surface area contributed by atoms with Gasteiger partial charge in [-0.3, -0.25) is 0 Å². The molecule has 0 radical (unpaired) electrons. The smallest absolute Gasteiger partial charge is 0.143 e. The van der Waals surface area contributed by atoms with E-state index < -0.39 is 0 Å². The number of methoxy groups -OCH3 is 1. The zero-order valence-electron chi connectivity index (χ0n) is 11.0. The molecule has 0 unspecified atom stereocenters. The van der Waals surface area contributed by atoms with Crippen LogP contribution in [0, 0.1) is 12.8 Å². The molecule has 4 heteroatoms. The van der Waals surface area contributed by atoms with Crippen molar-refractivity contribution in [3.63, 3.8) is 0 Å². The van der Waals surface area contributed by atoms with E-state index in [9.17, 15) is 0 Å². The van der Waals surface area contributed by atoms with E-state index in [1.165, 1.54) is 5.56 Å². The fourth-order valence-electron chi connectivity index (χ4n) is 2.30. The molecule has 1 aliphatic heterocycles. The van der Waals surface area contributed by atoms with E-state index in [0.29, 0.717) is 5.92 Å². The maximum absolute atomic E-state index is 5.43. The Balaban J connectivity index is 2.03. The Kier molecular flexibility index (Phi) is 4.89. The summed E-state index contributed by atoms with van der Waals surface area (Å²) in [5.41, 5.74) is 2.31. The van der Waals surface area contributed by atoms with Gasteiger partial charge in [-0.1, -0.05) is 15.9 Å². The van der Waals surface area contributed by atoms with Gasteiger partial charge < -0.3 is 14.8 Å². The van der Waals surface area contributed by atoms with Gasteiger partial charge in [-0.25, -0.2) is 0 Å². The van der Waals surface area contributed by atoms with E-state index >= 15 is 0 Å². The first kappa shape index (κ1) is 13.7. The summed E-state index contributed by atoms with van der Waals surface area (Å²) in [7, 11) is 1.71. The average molecular weight is 314 g/mol. The molecule has 1 fully saturated rings. The zero-order chi connectivity index (χ0) is 13.0. The van der Waals surface area contributed by atoms with Crippen molar-refractivity contribution in [2.75, 3.05) is 32.2 Å². The molecule has 1 saturated heterocycles. The Morgan fingerprint density at radius 3 is 2.78 bits per heavy atom. The number of anilines is 1. The van der Waals surface area contributed by atoms with Crippen molar-refractivity contribution in [2.24, 2.45) is 5.92 Å². The minimum absolute atomic E-state index is 0.700. The molecule has 2 rings (SSSR count). The van der Waals surface area contributed by atoms with Crippen LogP contribution in [0.3, 0.4) is 0 Å². The van der Waals surface area contributed by atoms with Crippen molar-refractivity contribution in [3.05, 3.63) is 22.2 Å². The third kappa shape index (κ3) is 3.39. The van der Waals surface area contributed by atoms with Gasteiger partial charge in [0.15, 0.2) is 0 Å².